The van der Waals surface area contributed by atoms with Crippen molar-refractivity contribution in [1.82, 2.24) is 5.32 Å². The standard InChI is InChI=1S/C14H20Cl2N2O/c1-14(2,3)12(17)13(19)18-8-7-9-5-4-6-10(15)11(9)16/h4-6,12H,7-8,17H2,1-3H3,(H,18,19)/t12-/m1/s1. The summed E-state index contributed by atoms with van der Waals surface area (Å²) in [6.45, 7) is 6.30. The molecule has 0 heterocycles. The van der Waals surface area contributed by atoms with Crippen LogP contribution in [0.1, 0.15) is 26.3 Å². The number of halogens is 2. The molecule has 3 nitrogen and oxygen atoms in total. The molecule has 106 valence electrons. The summed E-state index contributed by atoms with van der Waals surface area (Å²) >= 11 is 12.0. The van der Waals surface area contributed by atoms with Crippen molar-refractivity contribution in [1.29, 1.82) is 0 Å². The van der Waals surface area contributed by atoms with Gasteiger partial charge in [-0.2, -0.15) is 0 Å². The first-order valence-electron chi connectivity index (χ1n) is 6.19. The van der Waals surface area contributed by atoms with Gasteiger partial charge in [-0.1, -0.05) is 56.1 Å². The quantitative estimate of drug-likeness (QED) is 0.898. The van der Waals surface area contributed by atoms with Crippen LogP contribution in [0, 0.1) is 5.41 Å². The minimum absolute atomic E-state index is 0.148. The molecule has 0 bridgehead atoms. The molecule has 0 saturated carbocycles. The predicted octanol–water partition coefficient (Wildman–Crippen LogP) is 3.03. The molecule has 19 heavy (non-hydrogen) atoms. The number of benzene rings is 1. The van der Waals surface area contributed by atoms with Gasteiger partial charge in [0.1, 0.15) is 0 Å². The van der Waals surface area contributed by atoms with Gasteiger partial charge in [0.15, 0.2) is 0 Å². The molecule has 0 saturated heterocycles. The Balaban J connectivity index is 2.51. The van der Waals surface area contributed by atoms with E-state index in [1.807, 2.05) is 32.9 Å². The highest BCUT2D eigenvalue weighted by Crippen LogP contribution is 2.25. The van der Waals surface area contributed by atoms with Crippen LogP contribution in [0.3, 0.4) is 0 Å². The number of carbonyl (C=O) groups excluding carboxylic acids is 1. The Bertz CT molecular complexity index is 455. The minimum Gasteiger partial charge on any atom is -0.354 e. The summed E-state index contributed by atoms with van der Waals surface area (Å²) in [7, 11) is 0. The highest BCUT2D eigenvalue weighted by Gasteiger charge is 2.26. The largest absolute Gasteiger partial charge is 0.354 e. The van der Waals surface area contributed by atoms with E-state index in [9.17, 15) is 4.79 Å². The highest BCUT2D eigenvalue weighted by atomic mass is 35.5. The smallest absolute Gasteiger partial charge is 0.237 e. The van der Waals surface area contributed by atoms with Gasteiger partial charge in [-0.05, 0) is 23.5 Å². The zero-order valence-electron chi connectivity index (χ0n) is 11.5. The summed E-state index contributed by atoms with van der Waals surface area (Å²) < 4.78 is 0. The van der Waals surface area contributed by atoms with Gasteiger partial charge in [0, 0.05) is 6.54 Å². The van der Waals surface area contributed by atoms with Gasteiger partial charge in [-0.25, -0.2) is 0 Å². The van der Waals surface area contributed by atoms with E-state index in [0.29, 0.717) is 23.0 Å². The zero-order chi connectivity index (χ0) is 14.6. The van der Waals surface area contributed by atoms with E-state index in [1.165, 1.54) is 0 Å². The second kappa shape index (κ2) is 6.60. The maximum Gasteiger partial charge on any atom is 0.237 e. The molecule has 0 fully saturated rings. The fraction of sp³-hybridized carbons (Fsp3) is 0.500. The topological polar surface area (TPSA) is 55.1 Å². The molecule has 1 atom stereocenters. The molecular formula is C14H20Cl2N2O. The maximum absolute atomic E-state index is 11.8. The Hall–Kier alpha value is -0.770. The van der Waals surface area contributed by atoms with Crippen molar-refractivity contribution < 1.29 is 4.79 Å². The average Bonchev–Trinajstić information content (AvgIpc) is 2.32. The SMILES string of the molecule is CC(C)(C)[C@H](N)C(=O)NCCc1cccc(Cl)c1Cl. The summed E-state index contributed by atoms with van der Waals surface area (Å²) in [5.41, 5.74) is 6.53. The van der Waals surface area contributed by atoms with Gasteiger partial charge in [-0.3, -0.25) is 4.79 Å². The lowest BCUT2D eigenvalue weighted by atomic mass is 9.87. The predicted molar refractivity (Wildman–Crippen MR) is 80.6 cm³/mol. The van der Waals surface area contributed by atoms with Crippen molar-refractivity contribution in [2.45, 2.75) is 33.2 Å². The molecule has 0 aliphatic heterocycles. The molecule has 1 aromatic carbocycles. The van der Waals surface area contributed by atoms with Gasteiger partial charge in [0.05, 0.1) is 16.1 Å². The van der Waals surface area contributed by atoms with Crippen LogP contribution in [-0.2, 0) is 11.2 Å². The lowest BCUT2D eigenvalue weighted by molar-refractivity contribution is -0.124. The number of hydrogen-bond donors (Lipinski definition) is 2. The monoisotopic (exact) mass is 302 g/mol. The second-order valence-electron chi connectivity index (χ2n) is 5.60. The van der Waals surface area contributed by atoms with Crippen molar-refractivity contribution in [2.75, 3.05) is 6.54 Å². The van der Waals surface area contributed by atoms with E-state index >= 15 is 0 Å². The van der Waals surface area contributed by atoms with Crippen molar-refractivity contribution in [3.8, 4) is 0 Å². The number of amides is 1. The van der Waals surface area contributed by atoms with Gasteiger partial charge in [0.25, 0.3) is 0 Å². The fourth-order valence-corrected chi connectivity index (χ4v) is 1.98. The van der Waals surface area contributed by atoms with Crippen LogP contribution in [0.5, 0.6) is 0 Å². The summed E-state index contributed by atoms with van der Waals surface area (Å²) in [5, 5.41) is 3.88. The number of hydrogen-bond acceptors (Lipinski definition) is 2. The number of nitrogens with one attached hydrogen (secondary N) is 1. The average molecular weight is 303 g/mol. The van der Waals surface area contributed by atoms with Crippen molar-refractivity contribution in [3.05, 3.63) is 33.8 Å². The minimum atomic E-state index is -0.526. The molecule has 1 rings (SSSR count). The molecular weight excluding hydrogens is 283 g/mol. The molecule has 3 N–H and O–H groups in total. The Kier molecular flexibility index (Phi) is 5.65. The van der Waals surface area contributed by atoms with Crippen LogP contribution in [0.2, 0.25) is 10.0 Å². The van der Waals surface area contributed by atoms with Crippen molar-refractivity contribution >= 4 is 29.1 Å². The number of rotatable bonds is 4. The summed E-state index contributed by atoms with van der Waals surface area (Å²) in [4.78, 5) is 11.8. The molecule has 0 aliphatic rings. The Morgan fingerprint density at radius 2 is 2.00 bits per heavy atom. The first-order valence-corrected chi connectivity index (χ1v) is 6.95. The van der Waals surface area contributed by atoms with E-state index in [4.69, 9.17) is 28.9 Å². The number of carbonyl (C=O) groups is 1. The summed E-state index contributed by atoms with van der Waals surface area (Å²) in [6, 6.07) is 4.94. The van der Waals surface area contributed by atoms with Gasteiger partial charge >= 0.3 is 0 Å². The third-order valence-electron chi connectivity index (χ3n) is 2.94. The molecule has 0 unspecified atom stereocenters. The molecule has 0 spiro atoms. The van der Waals surface area contributed by atoms with Crippen LogP contribution in [-0.4, -0.2) is 18.5 Å². The molecule has 5 heteroatoms. The van der Waals surface area contributed by atoms with Crippen LogP contribution >= 0.6 is 23.2 Å². The normalized spacial score (nSPS) is 13.2. The van der Waals surface area contributed by atoms with E-state index in [2.05, 4.69) is 5.32 Å². The number of nitrogens with two attached hydrogens (primary N) is 1. The lowest BCUT2D eigenvalue weighted by Crippen LogP contribution is -2.49. The third kappa shape index (κ3) is 4.68. The van der Waals surface area contributed by atoms with E-state index in [0.717, 1.165) is 5.56 Å². The van der Waals surface area contributed by atoms with Crippen LogP contribution < -0.4 is 11.1 Å². The molecule has 1 aromatic rings. The van der Waals surface area contributed by atoms with Crippen molar-refractivity contribution in [2.24, 2.45) is 11.1 Å². The first-order chi connectivity index (χ1) is 8.73. The Morgan fingerprint density at radius 1 is 1.37 bits per heavy atom. The third-order valence-corrected chi connectivity index (χ3v) is 3.80. The van der Waals surface area contributed by atoms with Crippen LogP contribution in [0.15, 0.2) is 18.2 Å². The Labute approximate surface area is 124 Å². The van der Waals surface area contributed by atoms with E-state index in [1.54, 1.807) is 6.07 Å². The lowest BCUT2D eigenvalue weighted by Gasteiger charge is -2.25. The first kappa shape index (κ1) is 16.3. The fourth-order valence-electron chi connectivity index (χ4n) is 1.57. The van der Waals surface area contributed by atoms with E-state index in [-0.39, 0.29) is 11.3 Å². The van der Waals surface area contributed by atoms with Crippen LogP contribution in [0.25, 0.3) is 0 Å². The molecule has 0 radical (unpaired) electrons. The van der Waals surface area contributed by atoms with Gasteiger partial charge in [0.2, 0.25) is 5.91 Å². The molecule has 0 aromatic heterocycles. The second-order valence-corrected chi connectivity index (χ2v) is 6.38. The Morgan fingerprint density at radius 3 is 2.58 bits per heavy atom. The van der Waals surface area contributed by atoms with Gasteiger partial charge in [-0.15, -0.1) is 0 Å². The zero-order valence-corrected chi connectivity index (χ0v) is 13.0. The molecule has 1 amide bonds. The van der Waals surface area contributed by atoms with Crippen LogP contribution in [0.4, 0.5) is 0 Å². The maximum atomic E-state index is 11.8. The highest BCUT2D eigenvalue weighted by molar-refractivity contribution is 6.42. The van der Waals surface area contributed by atoms with Gasteiger partial charge < -0.3 is 11.1 Å². The van der Waals surface area contributed by atoms with E-state index < -0.39 is 6.04 Å². The molecule has 0 aliphatic carbocycles. The summed E-state index contributed by atoms with van der Waals surface area (Å²) in [6.07, 6.45) is 0.627. The summed E-state index contributed by atoms with van der Waals surface area (Å²) in [5.74, 6) is -0.148. The van der Waals surface area contributed by atoms with Crippen molar-refractivity contribution in [3.63, 3.8) is 0 Å².